The van der Waals surface area contributed by atoms with E-state index in [0.29, 0.717) is 18.0 Å². The van der Waals surface area contributed by atoms with Crippen LogP contribution in [0.15, 0.2) is 35.9 Å². The molecule has 0 unspecified atom stereocenters. The SMILES string of the molecule is CC(C)=CCOc1ccccc1[N+]#N.F[B-](F)(F)F. The number of halogens is 4. The number of allylic oxidation sites excluding steroid dienone is 1. The molecule has 0 saturated carbocycles. The highest BCUT2D eigenvalue weighted by atomic mass is 19.5. The number of benzene rings is 1. The summed E-state index contributed by atoms with van der Waals surface area (Å²) in [4.78, 5) is 3.12. The second-order valence-electron chi connectivity index (χ2n) is 3.66. The van der Waals surface area contributed by atoms with E-state index in [1.165, 1.54) is 5.57 Å². The van der Waals surface area contributed by atoms with E-state index in [9.17, 15) is 17.3 Å². The van der Waals surface area contributed by atoms with Crippen molar-refractivity contribution in [2.75, 3.05) is 6.61 Å². The van der Waals surface area contributed by atoms with Gasteiger partial charge in [-0.2, -0.15) is 0 Å². The highest BCUT2D eigenvalue weighted by Crippen LogP contribution is 2.26. The Morgan fingerprint density at radius 3 is 2.26 bits per heavy atom. The topological polar surface area (TPSA) is 37.4 Å². The van der Waals surface area contributed by atoms with E-state index in [1.807, 2.05) is 26.0 Å². The molecule has 0 spiro atoms. The van der Waals surface area contributed by atoms with Gasteiger partial charge in [-0.3, -0.25) is 0 Å². The van der Waals surface area contributed by atoms with Gasteiger partial charge in [0.15, 0.2) is 4.98 Å². The van der Waals surface area contributed by atoms with Crippen molar-refractivity contribution in [1.29, 1.82) is 5.39 Å². The summed E-state index contributed by atoms with van der Waals surface area (Å²) >= 11 is 0. The number of diazo groups is 1. The zero-order chi connectivity index (χ0) is 14.9. The molecule has 1 aromatic carbocycles. The van der Waals surface area contributed by atoms with Crippen molar-refractivity contribution in [2.24, 2.45) is 0 Å². The lowest BCUT2D eigenvalue weighted by molar-refractivity contribution is 0.364. The number of ether oxygens (including phenoxy) is 1. The summed E-state index contributed by atoms with van der Waals surface area (Å²) in [5.74, 6) is 0.590. The quantitative estimate of drug-likeness (QED) is 0.343. The van der Waals surface area contributed by atoms with Crippen LogP contribution >= 0.6 is 0 Å². The van der Waals surface area contributed by atoms with Gasteiger partial charge in [0, 0.05) is 6.07 Å². The third-order valence-corrected chi connectivity index (χ3v) is 1.70. The Balaban J connectivity index is 0.000000555. The average molecular weight is 276 g/mol. The lowest BCUT2D eigenvalue weighted by Crippen LogP contribution is -2.02. The molecule has 8 heteroatoms. The van der Waals surface area contributed by atoms with Crippen molar-refractivity contribution in [3.8, 4) is 5.75 Å². The lowest BCUT2D eigenvalue weighted by atomic mass is 10.3. The first-order valence-electron chi connectivity index (χ1n) is 5.31. The molecule has 104 valence electrons. The minimum absolute atomic E-state index is 0.453. The predicted octanol–water partition coefficient (Wildman–Crippen LogP) is 4.82. The zero-order valence-electron chi connectivity index (χ0n) is 10.5. The van der Waals surface area contributed by atoms with Gasteiger partial charge in [0.1, 0.15) is 6.61 Å². The second kappa shape index (κ2) is 8.13. The maximum atomic E-state index is 9.75. The van der Waals surface area contributed by atoms with Gasteiger partial charge in [0.25, 0.3) is 0 Å². The van der Waals surface area contributed by atoms with Crippen LogP contribution in [-0.4, -0.2) is 13.9 Å². The van der Waals surface area contributed by atoms with E-state index in [-0.39, 0.29) is 0 Å². The molecule has 0 fully saturated rings. The van der Waals surface area contributed by atoms with Crippen LogP contribution in [0.1, 0.15) is 13.8 Å². The highest BCUT2D eigenvalue weighted by Gasteiger charge is 2.20. The average Bonchev–Trinajstić information content (AvgIpc) is 2.27. The van der Waals surface area contributed by atoms with E-state index in [0.717, 1.165) is 0 Å². The molecule has 3 nitrogen and oxygen atoms in total. The van der Waals surface area contributed by atoms with Crippen molar-refractivity contribution in [3.05, 3.63) is 40.9 Å². The molecule has 0 saturated heterocycles. The Hall–Kier alpha value is -2.04. The highest BCUT2D eigenvalue weighted by molar-refractivity contribution is 6.50. The number of rotatable bonds is 3. The van der Waals surface area contributed by atoms with Crippen molar-refractivity contribution in [1.82, 2.24) is 0 Å². The molecule has 0 radical (unpaired) electrons. The lowest BCUT2D eigenvalue weighted by Gasteiger charge is -1.99. The molecule has 1 rings (SSSR count). The summed E-state index contributed by atoms with van der Waals surface area (Å²) in [5, 5.41) is 8.66. The van der Waals surface area contributed by atoms with Crippen molar-refractivity contribution in [2.45, 2.75) is 13.8 Å². The minimum Gasteiger partial charge on any atom is -0.482 e. The Kier molecular flexibility index (Phi) is 7.26. The predicted molar refractivity (Wildman–Crippen MR) is 66.3 cm³/mol. The zero-order valence-corrected chi connectivity index (χ0v) is 10.5. The molecule has 0 aliphatic rings. The molecule has 0 bridgehead atoms. The standard InChI is InChI=1S/C11H13N2O.BF4/c1-9(2)7-8-14-11-6-4-3-5-10(11)13-12;2-1(3,4)5/h3-7H,8H2,1-2H3;/q+1;-1. The van der Waals surface area contributed by atoms with Crippen LogP contribution < -0.4 is 4.74 Å². The fourth-order valence-electron chi connectivity index (χ4n) is 0.960. The van der Waals surface area contributed by atoms with Gasteiger partial charge in [-0.15, -0.1) is 0 Å². The second-order valence-corrected chi connectivity index (χ2v) is 3.66. The van der Waals surface area contributed by atoms with Gasteiger partial charge in [0.2, 0.25) is 11.1 Å². The molecule has 1 aromatic rings. The first-order valence-corrected chi connectivity index (χ1v) is 5.31. The third-order valence-electron chi connectivity index (χ3n) is 1.70. The molecule has 0 N–H and O–H groups in total. The number of hydrogen-bond acceptors (Lipinski definition) is 2. The molecular weight excluding hydrogens is 263 g/mol. The summed E-state index contributed by atoms with van der Waals surface area (Å²) in [5.41, 5.74) is 1.65. The van der Waals surface area contributed by atoms with Crippen LogP contribution in [0.5, 0.6) is 5.75 Å². The van der Waals surface area contributed by atoms with Crippen LogP contribution in [0, 0.1) is 5.39 Å². The van der Waals surface area contributed by atoms with E-state index < -0.39 is 7.25 Å². The summed E-state index contributed by atoms with van der Waals surface area (Å²) in [6.07, 6.45) is 1.97. The Morgan fingerprint density at radius 1 is 1.26 bits per heavy atom. The summed E-state index contributed by atoms with van der Waals surface area (Å²) in [6.45, 7) is 4.51. The molecule has 0 aliphatic heterocycles. The molecule has 0 heterocycles. The van der Waals surface area contributed by atoms with E-state index in [2.05, 4.69) is 4.98 Å². The van der Waals surface area contributed by atoms with Crippen LogP contribution in [0.3, 0.4) is 0 Å². The summed E-state index contributed by atoms with van der Waals surface area (Å²) in [7, 11) is -6.00. The first-order chi connectivity index (χ1) is 8.74. The van der Waals surface area contributed by atoms with Gasteiger partial charge < -0.3 is 22.0 Å². The summed E-state index contributed by atoms with van der Waals surface area (Å²) < 4.78 is 44.4. The van der Waals surface area contributed by atoms with E-state index in [4.69, 9.17) is 10.1 Å². The van der Waals surface area contributed by atoms with Gasteiger partial charge in [-0.25, -0.2) is 0 Å². The fraction of sp³-hybridized carbons (Fsp3) is 0.273. The van der Waals surface area contributed by atoms with Crippen LogP contribution in [0.25, 0.3) is 4.98 Å². The monoisotopic (exact) mass is 276 g/mol. The van der Waals surface area contributed by atoms with Gasteiger partial charge in [-0.05, 0) is 26.0 Å². The van der Waals surface area contributed by atoms with Crippen LogP contribution in [-0.2, 0) is 0 Å². The smallest absolute Gasteiger partial charge is 0.482 e. The molecule has 0 amide bonds. The number of nitrogens with zero attached hydrogens (tertiary/aromatic N) is 2. The summed E-state index contributed by atoms with van der Waals surface area (Å²) in [6, 6.07) is 7.10. The Morgan fingerprint density at radius 2 is 1.79 bits per heavy atom. The Labute approximate surface area is 108 Å². The normalized spacial score (nSPS) is 9.74. The van der Waals surface area contributed by atoms with Crippen molar-refractivity contribution < 1.29 is 22.0 Å². The molecular formula is C11H13BF4N2O. The van der Waals surface area contributed by atoms with Crippen molar-refractivity contribution >= 4 is 12.9 Å². The molecule has 0 aromatic heterocycles. The van der Waals surface area contributed by atoms with Crippen LogP contribution in [0.4, 0.5) is 23.0 Å². The van der Waals surface area contributed by atoms with Crippen molar-refractivity contribution in [3.63, 3.8) is 0 Å². The fourth-order valence-corrected chi connectivity index (χ4v) is 0.960. The molecule has 19 heavy (non-hydrogen) atoms. The van der Waals surface area contributed by atoms with Crippen LogP contribution in [0.2, 0.25) is 0 Å². The number of hydrogen-bond donors (Lipinski definition) is 0. The van der Waals surface area contributed by atoms with Gasteiger partial charge in [-0.1, -0.05) is 17.7 Å². The number of para-hydroxylation sites is 1. The largest absolute Gasteiger partial charge is 0.673 e. The Bertz CT molecular complexity index is 458. The van der Waals surface area contributed by atoms with E-state index >= 15 is 0 Å². The molecule has 0 aliphatic carbocycles. The maximum Gasteiger partial charge on any atom is 0.673 e. The maximum absolute atomic E-state index is 9.75. The van der Waals surface area contributed by atoms with Gasteiger partial charge >= 0.3 is 12.9 Å². The minimum atomic E-state index is -6.00. The van der Waals surface area contributed by atoms with E-state index in [1.54, 1.807) is 18.2 Å². The third kappa shape index (κ3) is 10.8. The first kappa shape index (κ1) is 17.0. The molecule has 0 atom stereocenters. The van der Waals surface area contributed by atoms with Gasteiger partial charge in [0.05, 0.1) is 0 Å².